The van der Waals surface area contributed by atoms with Gasteiger partial charge in [-0.05, 0) is 110 Å². The Morgan fingerprint density at radius 1 is 0.344 bits per heavy atom. The minimum Gasteiger partial charge on any atom is -0.261 e. The van der Waals surface area contributed by atoms with Gasteiger partial charge in [0.1, 0.15) is 0 Å². The van der Waals surface area contributed by atoms with Crippen LogP contribution in [-0.4, -0.2) is 19.9 Å². The summed E-state index contributed by atoms with van der Waals surface area (Å²) >= 11 is 0. The third-order valence-electron chi connectivity index (χ3n) is 12.8. The molecule has 0 N–H and O–H groups in total. The third kappa shape index (κ3) is 5.32. The summed E-state index contributed by atoms with van der Waals surface area (Å²) < 4.78 is 0. The fourth-order valence-corrected chi connectivity index (χ4v) is 10.2. The van der Waals surface area contributed by atoms with E-state index in [0.29, 0.717) is 17.5 Å². The zero-order valence-electron chi connectivity index (χ0n) is 33.8. The number of benzene rings is 8. The van der Waals surface area contributed by atoms with Crippen LogP contribution in [0, 0.1) is 13.8 Å². The van der Waals surface area contributed by atoms with Crippen molar-refractivity contribution in [2.24, 2.45) is 0 Å². The highest BCUT2D eigenvalue weighted by Gasteiger charge is 2.51. The van der Waals surface area contributed by atoms with Crippen molar-refractivity contribution < 1.29 is 0 Å². The second-order valence-corrected chi connectivity index (χ2v) is 16.2. The first-order valence-electron chi connectivity index (χ1n) is 20.9. The van der Waals surface area contributed by atoms with Crippen molar-refractivity contribution in [3.63, 3.8) is 0 Å². The zero-order valence-corrected chi connectivity index (χ0v) is 33.8. The lowest BCUT2D eigenvalue weighted by Crippen LogP contribution is -2.26. The average molecular weight is 779 g/mol. The molecule has 12 rings (SSSR count). The molecule has 2 aliphatic carbocycles. The van der Waals surface area contributed by atoms with Crippen molar-refractivity contribution in [3.8, 4) is 78.7 Å². The minimum absolute atomic E-state index is 0.575. The van der Waals surface area contributed by atoms with Gasteiger partial charge in [0.25, 0.3) is 0 Å². The van der Waals surface area contributed by atoms with Gasteiger partial charge in [-0.15, -0.1) is 0 Å². The van der Waals surface area contributed by atoms with Gasteiger partial charge in [-0.25, -0.2) is 15.0 Å². The molecule has 61 heavy (non-hydrogen) atoms. The molecule has 2 aromatic heterocycles. The topological polar surface area (TPSA) is 51.6 Å². The van der Waals surface area contributed by atoms with Gasteiger partial charge in [0.05, 0.1) is 5.41 Å². The van der Waals surface area contributed by atoms with Gasteiger partial charge in [-0.2, -0.15) is 0 Å². The smallest absolute Gasteiger partial charge is 0.164 e. The van der Waals surface area contributed by atoms with Crippen LogP contribution in [0.5, 0.6) is 0 Å². The lowest BCUT2D eigenvalue weighted by Gasteiger charge is -2.31. The molecule has 0 saturated carbocycles. The Labute approximate surface area is 355 Å². The van der Waals surface area contributed by atoms with E-state index in [1.54, 1.807) is 0 Å². The highest BCUT2D eigenvalue weighted by Crippen LogP contribution is 2.63. The van der Waals surface area contributed by atoms with Crippen LogP contribution in [-0.2, 0) is 5.41 Å². The molecule has 286 valence electrons. The third-order valence-corrected chi connectivity index (χ3v) is 12.8. The van der Waals surface area contributed by atoms with Gasteiger partial charge >= 0.3 is 0 Å². The first kappa shape index (κ1) is 35.2. The summed E-state index contributed by atoms with van der Waals surface area (Å²) in [6.07, 6.45) is 2.02. The molecule has 4 nitrogen and oxygen atoms in total. The number of hydrogen-bond donors (Lipinski definition) is 0. The highest BCUT2D eigenvalue weighted by molar-refractivity contribution is 5.98. The zero-order chi connectivity index (χ0) is 40.7. The van der Waals surface area contributed by atoms with Gasteiger partial charge in [0.15, 0.2) is 17.5 Å². The number of aromatic nitrogens is 4. The van der Waals surface area contributed by atoms with Gasteiger partial charge in [-0.1, -0.05) is 170 Å². The maximum absolute atomic E-state index is 5.31. The van der Waals surface area contributed by atoms with Gasteiger partial charge < -0.3 is 0 Å². The van der Waals surface area contributed by atoms with Crippen LogP contribution in [0.15, 0.2) is 194 Å². The summed E-state index contributed by atoms with van der Waals surface area (Å²) in [7, 11) is 0. The number of nitrogens with zero attached hydrogens (tertiary/aromatic N) is 4. The Balaban J connectivity index is 1.10. The molecule has 0 bridgehead atoms. The van der Waals surface area contributed by atoms with Gasteiger partial charge in [-0.3, -0.25) is 4.98 Å². The molecule has 1 spiro atoms. The standard InChI is InChI=1S/C57H38N4/c1-35-31-36(2)58-34-49(35)43-21-9-8-20-42(43)39-27-29-46-44-22-10-12-25-50(44)57(52(46)32-39)51-26-13-11-23-45(51)47-30-28-40(33-53(47)57)55-59-54(38-16-4-3-5-17-38)60-56(61-55)48-24-14-18-37-15-6-7-19-41(37)48/h3-34H,1-2H3. The van der Waals surface area contributed by atoms with Gasteiger partial charge in [0, 0.05) is 34.1 Å². The number of fused-ring (bicyclic) bond motifs is 11. The summed E-state index contributed by atoms with van der Waals surface area (Å²) in [5.41, 5.74) is 19.3. The molecule has 1 unspecified atom stereocenters. The maximum atomic E-state index is 5.31. The van der Waals surface area contributed by atoms with E-state index in [2.05, 4.69) is 184 Å². The molecule has 2 heterocycles. The highest BCUT2D eigenvalue weighted by atomic mass is 15.0. The number of aryl methyl sites for hydroxylation is 2. The first-order chi connectivity index (χ1) is 30.1. The fraction of sp³-hybridized carbons (Fsp3) is 0.0526. The van der Waals surface area contributed by atoms with Crippen molar-refractivity contribution in [2.75, 3.05) is 0 Å². The molecule has 0 aliphatic heterocycles. The van der Waals surface area contributed by atoms with E-state index < -0.39 is 5.41 Å². The molecule has 8 aromatic carbocycles. The molecule has 10 aromatic rings. The SMILES string of the molecule is Cc1cc(C)c(-c2ccccc2-c2ccc3c(c2)C2(c4ccccc4-c4ccc(-c5nc(-c6ccccc6)nc(-c6cccc7ccccc67)n5)cc42)c2ccccc2-3)cn1. The first-order valence-corrected chi connectivity index (χ1v) is 20.9. The maximum Gasteiger partial charge on any atom is 0.164 e. The van der Waals surface area contributed by atoms with Crippen molar-refractivity contribution in [1.82, 2.24) is 19.9 Å². The average Bonchev–Trinajstić information content (AvgIpc) is 3.78. The summed E-state index contributed by atoms with van der Waals surface area (Å²) in [6, 6.07) is 67.8. The summed E-state index contributed by atoms with van der Waals surface area (Å²) in [5.74, 6) is 1.94. The van der Waals surface area contributed by atoms with E-state index in [9.17, 15) is 0 Å². The molecule has 2 aliphatic rings. The lowest BCUT2D eigenvalue weighted by molar-refractivity contribution is 0.794. The Morgan fingerprint density at radius 2 is 0.869 bits per heavy atom. The minimum atomic E-state index is -0.575. The van der Waals surface area contributed by atoms with Crippen LogP contribution in [0.4, 0.5) is 0 Å². The second-order valence-electron chi connectivity index (χ2n) is 16.2. The summed E-state index contributed by atoms with van der Waals surface area (Å²) in [4.78, 5) is 20.4. The summed E-state index contributed by atoms with van der Waals surface area (Å²) in [5, 5.41) is 2.25. The van der Waals surface area contributed by atoms with E-state index in [-0.39, 0.29) is 0 Å². The predicted molar refractivity (Wildman–Crippen MR) is 248 cm³/mol. The molecule has 0 amide bonds. The van der Waals surface area contributed by atoms with E-state index >= 15 is 0 Å². The van der Waals surface area contributed by atoms with E-state index in [1.807, 2.05) is 24.4 Å². The monoisotopic (exact) mass is 778 g/mol. The Bertz CT molecular complexity index is 3390. The number of pyridine rings is 1. The normalized spacial score (nSPS) is 14.5. The van der Waals surface area contributed by atoms with Crippen molar-refractivity contribution in [3.05, 3.63) is 228 Å². The van der Waals surface area contributed by atoms with Crippen LogP contribution in [0.1, 0.15) is 33.5 Å². The molecular weight excluding hydrogens is 741 g/mol. The van der Waals surface area contributed by atoms with E-state index in [0.717, 1.165) is 38.7 Å². The van der Waals surface area contributed by atoms with Crippen LogP contribution in [0.2, 0.25) is 0 Å². The van der Waals surface area contributed by atoms with E-state index in [1.165, 1.54) is 66.8 Å². The second kappa shape index (κ2) is 13.6. The van der Waals surface area contributed by atoms with E-state index in [4.69, 9.17) is 19.9 Å². The molecule has 0 fully saturated rings. The summed E-state index contributed by atoms with van der Waals surface area (Å²) in [6.45, 7) is 4.23. The molecule has 0 radical (unpaired) electrons. The van der Waals surface area contributed by atoms with Gasteiger partial charge in [0.2, 0.25) is 0 Å². The number of rotatable bonds is 5. The Kier molecular flexibility index (Phi) is 7.85. The van der Waals surface area contributed by atoms with Crippen LogP contribution in [0.25, 0.3) is 89.4 Å². The molecule has 4 heteroatoms. The van der Waals surface area contributed by atoms with Crippen molar-refractivity contribution in [1.29, 1.82) is 0 Å². The molecule has 1 atom stereocenters. The van der Waals surface area contributed by atoms with Crippen molar-refractivity contribution in [2.45, 2.75) is 19.3 Å². The van der Waals surface area contributed by atoms with Crippen LogP contribution >= 0.6 is 0 Å². The lowest BCUT2D eigenvalue weighted by atomic mass is 9.70. The van der Waals surface area contributed by atoms with Crippen LogP contribution < -0.4 is 0 Å². The van der Waals surface area contributed by atoms with Crippen molar-refractivity contribution >= 4 is 10.8 Å². The Hall–Kier alpha value is -7.82. The molecule has 0 saturated heterocycles. The number of hydrogen-bond acceptors (Lipinski definition) is 4. The Morgan fingerprint density at radius 3 is 1.59 bits per heavy atom. The molecular formula is C57H38N4. The predicted octanol–water partition coefficient (Wildman–Crippen LogP) is 13.7. The van der Waals surface area contributed by atoms with Crippen LogP contribution in [0.3, 0.4) is 0 Å². The largest absolute Gasteiger partial charge is 0.261 e. The fourth-order valence-electron chi connectivity index (χ4n) is 10.2. The quantitative estimate of drug-likeness (QED) is 0.175.